The van der Waals surface area contributed by atoms with Crippen LogP contribution in [-0.4, -0.2) is 54.5 Å². The number of ether oxygens (including phenoxy) is 1. The fraction of sp³-hybridized carbons (Fsp3) is 0.316. The normalized spacial score (nSPS) is 14.2. The quantitative estimate of drug-likeness (QED) is 0.769. The second kappa shape index (κ2) is 8.11. The van der Waals surface area contributed by atoms with Crippen LogP contribution in [0.15, 0.2) is 36.5 Å². The van der Waals surface area contributed by atoms with E-state index in [0.717, 1.165) is 12.1 Å². The summed E-state index contributed by atoms with van der Waals surface area (Å²) in [4.78, 5) is 32.3. The Morgan fingerprint density at radius 1 is 1.11 bits per heavy atom. The van der Waals surface area contributed by atoms with Gasteiger partial charge >= 0.3 is 5.97 Å². The first-order valence-corrected chi connectivity index (χ1v) is 8.62. The van der Waals surface area contributed by atoms with Crippen molar-refractivity contribution in [1.29, 1.82) is 0 Å². The fourth-order valence-corrected chi connectivity index (χ4v) is 2.97. The van der Waals surface area contributed by atoms with Crippen molar-refractivity contribution in [3.8, 4) is 0 Å². The van der Waals surface area contributed by atoms with E-state index in [-0.39, 0.29) is 12.2 Å². The molecular formula is C19H19F2N3O3. The second-order valence-electron chi connectivity index (χ2n) is 6.00. The molecule has 0 radical (unpaired) electrons. The minimum atomic E-state index is -0.878. The van der Waals surface area contributed by atoms with Crippen molar-refractivity contribution < 1.29 is 23.1 Å². The lowest BCUT2D eigenvalue weighted by Gasteiger charge is -2.36. The zero-order valence-corrected chi connectivity index (χ0v) is 14.8. The van der Waals surface area contributed by atoms with Gasteiger partial charge in [0.25, 0.3) is 5.91 Å². The molecule has 0 unspecified atom stereocenters. The lowest BCUT2D eigenvalue weighted by atomic mass is 10.1. The van der Waals surface area contributed by atoms with Crippen LogP contribution in [0.2, 0.25) is 0 Å². The highest BCUT2D eigenvalue weighted by Gasteiger charge is 2.27. The summed E-state index contributed by atoms with van der Waals surface area (Å²) in [5, 5.41) is 0. The number of halogens is 2. The Morgan fingerprint density at radius 2 is 1.85 bits per heavy atom. The summed E-state index contributed by atoms with van der Waals surface area (Å²) < 4.78 is 31.9. The van der Waals surface area contributed by atoms with Gasteiger partial charge in [0.15, 0.2) is 0 Å². The number of amides is 1. The van der Waals surface area contributed by atoms with Crippen LogP contribution in [0.25, 0.3) is 0 Å². The maximum Gasteiger partial charge on any atom is 0.341 e. The molecule has 1 fully saturated rings. The minimum Gasteiger partial charge on any atom is -0.462 e. The molecule has 27 heavy (non-hydrogen) atoms. The molecule has 0 atom stereocenters. The Bertz CT molecular complexity index is 852. The van der Waals surface area contributed by atoms with Gasteiger partial charge in [-0.15, -0.1) is 0 Å². The molecule has 1 aromatic carbocycles. The molecule has 0 saturated carbocycles. The fourth-order valence-electron chi connectivity index (χ4n) is 2.97. The van der Waals surface area contributed by atoms with Crippen molar-refractivity contribution in [3.63, 3.8) is 0 Å². The van der Waals surface area contributed by atoms with Crippen LogP contribution in [0.3, 0.4) is 0 Å². The van der Waals surface area contributed by atoms with Crippen LogP contribution >= 0.6 is 0 Å². The largest absolute Gasteiger partial charge is 0.462 e. The van der Waals surface area contributed by atoms with Crippen molar-refractivity contribution in [2.45, 2.75) is 6.92 Å². The van der Waals surface area contributed by atoms with Gasteiger partial charge in [0.2, 0.25) is 0 Å². The number of piperazine rings is 1. The standard InChI is InChI=1S/C19H19F2N3O3/c1-2-27-19(26)15-4-3-7-22-17(15)23-8-10-24(11-9-23)18(25)14-6-5-13(20)12-16(14)21/h3-7,12H,2,8-11H2,1H3. The number of benzene rings is 1. The molecule has 6 nitrogen and oxygen atoms in total. The summed E-state index contributed by atoms with van der Waals surface area (Å²) in [7, 11) is 0. The molecule has 0 aliphatic carbocycles. The molecule has 1 saturated heterocycles. The van der Waals surface area contributed by atoms with Gasteiger partial charge in [-0.25, -0.2) is 18.6 Å². The van der Waals surface area contributed by atoms with E-state index in [2.05, 4.69) is 4.98 Å². The van der Waals surface area contributed by atoms with Gasteiger partial charge in [-0.2, -0.15) is 0 Å². The van der Waals surface area contributed by atoms with Gasteiger partial charge < -0.3 is 14.5 Å². The van der Waals surface area contributed by atoms with Crippen LogP contribution in [0.5, 0.6) is 0 Å². The number of hydrogen-bond acceptors (Lipinski definition) is 5. The van der Waals surface area contributed by atoms with Crippen molar-refractivity contribution >= 4 is 17.7 Å². The Hall–Kier alpha value is -3.03. The molecule has 3 rings (SSSR count). The van der Waals surface area contributed by atoms with Gasteiger partial charge in [-0.3, -0.25) is 4.79 Å². The lowest BCUT2D eigenvalue weighted by molar-refractivity contribution is 0.0525. The summed E-state index contributed by atoms with van der Waals surface area (Å²) >= 11 is 0. The van der Waals surface area contributed by atoms with E-state index in [0.29, 0.717) is 43.6 Å². The molecule has 0 N–H and O–H groups in total. The monoisotopic (exact) mass is 375 g/mol. The third-order valence-electron chi connectivity index (χ3n) is 4.31. The summed E-state index contributed by atoms with van der Waals surface area (Å²) in [6.45, 7) is 3.50. The first kappa shape index (κ1) is 18.8. The molecule has 1 aliphatic rings. The van der Waals surface area contributed by atoms with Gasteiger partial charge in [0, 0.05) is 38.4 Å². The Balaban J connectivity index is 1.71. The molecule has 0 bridgehead atoms. The zero-order valence-electron chi connectivity index (χ0n) is 14.8. The van der Waals surface area contributed by atoms with E-state index in [4.69, 9.17) is 4.74 Å². The average Bonchev–Trinajstić information content (AvgIpc) is 2.68. The summed E-state index contributed by atoms with van der Waals surface area (Å²) in [6, 6.07) is 6.21. The van der Waals surface area contributed by atoms with Gasteiger partial charge in [0.05, 0.1) is 12.2 Å². The molecule has 1 aliphatic heterocycles. The van der Waals surface area contributed by atoms with Crippen LogP contribution in [0.4, 0.5) is 14.6 Å². The van der Waals surface area contributed by atoms with Crippen LogP contribution in [0, 0.1) is 11.6 Å². The van der Waals surface area contributed by atoms with Crippen molar-refractivity contribution in [1.82, 2.24) is 9.88 Å². The van der Waals surface area contributed by atoms with E-state index >= 15 is 0 Å². The SMILES string of the molecule is CCOC(=O)c1cccnc1N1CCN(C(=O)c2ccc(F)cc2F)CC1. The predicted molar refractivity (Wildman–Crippen MR) is 94.7 cm³/mol. The number of nitrogens with zero attached hydrogens (tertiary/aromatic N) is 3. The topological polar surface area (TPSA) is 62.7 Å². The van der Waals surface area contributed by atoms with Crippen LogP contribution < -0.4 is 4.90 Å². The maximum atomic E-state index is 13.9. The highest BCUT2D eigenvalue weighted by Crippen LogP contribution is 2.21. The summed E-state index contributed by atoms with van der Waals surface area (Å²) in [5.41, 5.74) is 0.207. The molecule has 2 heterocycles. The van der Waals surface area contributed by atoms with E-state index in [1.807, 2.05) is 4.90 Å². The third-order valence-corrected chi connectivity index (χ3v) is 4.31. The summed E-state index contributed by atoms with van der Waals surface area (Å²) in [5.74, 6) is -2.05. The van der Waals surface area contributed by atoms with Crippen molar-refractivity contribution in [3.05, 3.63) is 59.3 Å². The third kappa shape index (κ3) is 4.05. The van der Waals surface area contributed by atoms with E-state index in [1.54, 1.807) is 25.3 Å². The first-order chi connectivity index (χ1) is 13.0. The van der Waals surface area contributed by atoms with Gasteiger partial charge in [0.1, 0.15) is 23.0 Å². The number of anilines is 1. The Kier molecular flexibility index (Phi) is 5.63. The number of carbonyl (C=O) groups is 2. The Labute approximate surface area is 155 Å². The zero-order chi connectivity index (χ0) is 19.4. The minimum absolute atomic E-state index is 0.158. The number of esters is 1. The average molecular weight is 375 g/mol. The van der Waals surface area contributed by atoms with Crippen molar-refractivity contribution in [2.24, 2.45) is 0 Å². The van der Waals surface area contributed by atoms with Gasteiger partial charge in [-0.05, 0) is 31.2 Å². The second-order valence-corrected chi connectivity index (χ2v) is 6.00. The number of pyridine rings is 1. The molecule has 1 amide bonds. The highest BCUT2D eigenvalue weighted by atomic mass is 19.1. The first-order valence-electron chi connectivity index (χ1n) is 8.62. The lowest BCUT2D eigenvalue weighted by Crippen LogP contribution is -2.49. The van der Waals surface area contributed by atoms with Crippen molar-refractivity contribution in [2.75, 3.05) is 37.7 Å². The van der Waals surface area contributed by atoms with Crippen LogP contribution in [0.1, 0.15) is 27.6 Å². The van der Waals surface area contributed by atoms with Gasteiger partial charge in [-0.1, -0.05) is 0 Å². The molecule has 2 aromatic rings. The molecule has 8 heteroatoms. The molecular weight excluding hydrogens is 356 g/mol. The molecule has 0 spiro atoms. The van der Waals surface area contributed by atoms with Crippen LogP contribution in [-0.2, 0) is 4.74 Å². The smallest absolute Gasteiger partial charge is 0.341 e. The van der Waals surface area contributed by atoms with E-state index in [1.165, 1.54) is 4.90 Å². The summed E-state index contributed by atoms with van der Waals surface area (Å²) in [6.07, 6.45) is 1.59. The van der Waals surface area contributed by atoms with E-state index < -0.39 is 23.5 Å². The Morgan fingerprint density at radius 3 is 2.52 bits per heavy atom. The number of rotatable bonds is 4. The molecule has 1 aromatic heterocycles. The highest BCUT2D eigenvalue weighted by molar-refractivity contribution is 5.95. The number of carbonyl (C=O) groups excluding carboxylic acids is 2. The maximum absolute atomic E-state index is 13.9. The molecule has 142 valence electrons. The number of hydrogen-bond donors (Lipinski definition) is 0. The van der Waals surface area contributed by atoms with E-state index in [9.17, 15) is 18.4 Å². The number of aromatic nitrogens is 1. The predicted octanol–water partition coefficient (Wildman–Crippen LogP) is 2.50.